The molecule has 21 heavy (non-hydrogen) atoms. The fourth-order valence-corrected chi connectivity index (χ4v) is 2.67. The van der Waals surface area contributed by atoms with Crippen molar-refractivity contribution in [2.45, 2.75) is 32.8 Å². The molecule has 0 aliphatic carbocycles. The molecule has 2 aromatic rings. The third kappa shape index (κ3) is 5.13. The predicted molar refractivity (Wildman–Crippen MR) is 87.6 cm³/mol. The molecule has 0 saturated heterocycles. The normalized spacial score (nSPS) is 10.8. The number of carbonyl (C=O) groups excluding carboxylic acids is 1. The van der Waals surface area contributed by atoms with Gasteiger partial charge in [0.1, 0.15) is 5.60 Å². The van der Waals surface area contributed by atoms with Gasteiger partial charge in [-0.3, -0.25) is 0 Å². The lowest BCUT2D eigenvalue weighted by Gasteiger charge is -2.19. The highest BCUT2D eigenvalue weighted by Crippen LogP contribution is 2.24. The van der Waals surface area contributed by atoms with Crippen LogP contribution in [0.3, 0.4) is 0 Å². The highest BCUT2D eigenvalue weighted by atomic mass is 32.1. The van der Waals surface area contributed by atoms with Crippen LogP contribution in [0.15, 0.2) is 30.3 Å². The number of benzene rings is 1. The molecular formula is C17H19NO2S. The highest BCUT2D eigenvalue weighted by Gasteiger charge is 2.15. The molecule has 0 spiro atoms. The van der Waals surface area contributed by atoms with Crippen LogP contribution >= 0.6 is 11.3 Å². The van der Waals surface area contributed by atoms with Crippen LogP contribution in [-0.4, -0.2) is 18.2 Å². The molecule has 0 aliphatic heterocycles. The smallest absolute Gasteiger partial charge is 0.407 e. The molecule has 1 aromatic carbocycles. The van der Waals surface area contributed by atoms with Crippen LogP contribution < -0.4 is 5.32 Å². The molecule has 3 nitrogen and oxygen atoms in total. The Balaban J connectivity index is 1.80. The predicted octanol–water partition coefficient (Wildman–Crippen LogP) is 4.17. The van der Waals surface area contributed by atoms with E-state index in [1.54, 1.807) is 11.3 Å². The fourth-order valence-electron chi connectivity index (χ4n) is 1.73. The van der Waals surface area contributed by atoms with E-state index < -0.39 is 11.7 Å². The van der Waals surface area contributed by atoms with Gasteiger partial charge in [-0.15, -0.1) is 11.3 Å². The highest BCUT2D eigenvalue weighted by molar-refractivity contribution is 7.19. The van der Waals surface area contributed by atoms with Gasteiger partial charge in [-0.1, -0.05) is 30.0 Å². The molecule has 110 valence electrons. The van der Waals surface area contributed by atoms with Crippen LogP contribution in [0.4, 0.5) is 4.79 Å². The molecule has 0 atom stereocenters. The molecule has 2 rings (SSSR count). The minimum Gasteiger partial charge on any atom is -0.444 e. The molecule has 1 N–H and O–H groups in total. The number of amides is 1. The summed E-state index contributed by atoms with van der Waals surface area (Å²) in [6.07, 6.45) is 0.208. The molecule has 0 aliphatic rings. The Morgan fingerprint density at radius 2 is 2.10 bits per heavy atom. The quantitative estimate of drug-likeness (QED) is 0.668. The van der Waals surface area contributed by atoms with Crippen molar-refractivity contribution in [3.8, 4) is 11.8 Å². The minimum atomic E-state index is -0.465. The molecule has 0 fully saturated rings. The summed E-state index contributed by atoms with van der Waals surface area (Å²) in [5.74, 6) is 6.20. The van der Waals surface area contributed by atoms with E-state index in [0.717, 1.165) is 4.88 Å². The van der Waals surface area contributed by atoms with Gasteiger partial charge in [0.25, 0.3) is 0 Å². The maximum Gasteiger partial charge on any atom is 0.407 e. The van der Waals surface area contributed by atoms with Crippen molar-refractivity contribution in [3.63, 3.8) is 0 Å². The number of carbonyl (C=O) groups is 1. The van der Waals surface area contributed by atoms with Gasteiger partial charge in [-0.05, 0) is 38.3 Å². The number of alkyl carbamates (subject to hydrolysis) is 1. The number of fused-ring (bicyclic) bond motifs is 1. The second-order valence-corrected chi connectivity index (χ2v) is 6.71. The lowest BCUT2D eigenvalue weighted by Crippen LogP contribution is -2.32. The van der Waals surface area contributed by atoms with Crippen molar-refractivity contribution in [3.05, 3.63) is 35.2 Å². The molecule has 1 heterocycles. The van der Waals surface area contributed by atoms with Gasteiger partial charge >= 0.3 is 6.09 Å². The zero-order chi connectivity index (χ0) is 15.3. The maximum atomic E-state index is 11.4. The molecule has 1 amide bonds. The summed E-state index contributed by atoms with van der Waals surface area (Å²) in [6, 6.07) is 10.3. The Labute approximate surface area is 129 Å². The summed E-state index contributed by atoms with van der Waals surface area (Å²) in [5, 5.41) is 3.91. The first-order valence-electron chi connectivity index (χ1n) is 6.88. The summed E-state index contributed by atoms with van der Waals surface area (Å²) in [7, 11) is 0. The van der Waals surface area contributed by atoms with Crippen LogP contribution in [0, 0.1) is 11.8 Å². The van der Waals surface area contributed by atoms with Gasteiger partial charge in [0.05, 0.1) is 4.88 Å². The van der Waals surface area contributed by atoms with E-state index in [4.69, 9.17) is 4.74 Å². The Hall–Kier alpha value is -1.99. The Kier molecular flexibility index (Phi) is 4.87. The van der Waals surface area contributed by atoms with Crippen LogP contribution in [-0.2, 0) is 4.74 Å². The summed E-state index contributed by atoms with van der Waals surface area (Å²) in [5.41, 5.74) is -0.465. The van der Waals surface area contributed by atoms with Crippen molar-refractivity contribution < 1.29 is 9.53 Å². The van der Waals surface area contributed by atoms with Crippen LogP contribution in [0.1, 0.15) is 32.1 Å². The zero-order valence-electron chi connectivity index (χ0n) is 12.5. The van der Waals surface area contributed by atoms with E-state index in [2.05, 4.69) is 35.4 Å². The van der Waals surface area contributed by atoms with Gasteiger partial charge in [0.2, 0.25) is 0 Å². The first-order chi connectivity index (χ1) is 9.94. The Morgan fingerprint density at radius 3 is 2.81 bits per heavy atom. The van der Waals surface area contributed by atoms with Crippen LogP contribution in [0.25, 0.3) is 10.1 Å². The number of hydrogen-bond donors (Lipinski definition) is 1. The third-order valence-corrected chi connectivity index (χ3v) is 3.59. The van der Waals surface area contributed by atoms with E-state index in [-0.39, 0.29) is 0 Å². The molecule has 0 bridgehead atoms. The minimum absolute atomic E-state index is 0.397. The first kappa shape index (κ1) is 15.4. The number of ether oxygens (including phenoxy) is 1. The van der Waals surface area contributed by atoms with Gasteiger partial charge in [0.15, 0.2) is 0 Å². The van der Waals surface area contributed by atoms with Crippen molar-refractivity contribution >= 4 is 27.5 Å². The lowest BCUT2D eigenvalue weighted by molar-refractivity contribution is 0.0529. The maximum absolute atomic E-state index is 11.4. The summed E-state index contributed by atoms with van der Waals surface area (Å²) in [4.78, 5) is 12.5. The average molecular weight is 301 g/mol. The number of rotatable bonds is 2. The molecule has 1 aromatic heterocycles. The van der Waals surface area contributed by atoms with Crippen molar-refractivity contribution in [2.75, 3.05) is 6.54 Å². The van der Waals surface area contributed by atoms with Crippen molar-refractivity contribution in [1.82, 2.24) is 5.32 Å². The number of hydrogen-bond acceptors (Lipinski definition) is 3. The Bertz CT molecular complexity index is 653. The lowest BCUT2D eigenvalue weighted by atomic mass is 10.2. The average Bonchev–Trinajstić information content (AvgIpc) is 2.78. The summed E-state index contributed by atoms with van der Waals surface area (Å²) >= 11 is 1.68. The molecule has 0 saturated carbocycles. The van der Waals surface area contributed by atoms with E-state index in [1.807, 2.05) is 32.9 Å². The molecular weight excluding hydrogens is 282 g/mol. The second-order valence-electron chi connectivity index (χ2n) is 5.63. The van der Waals surface area contributed by atoms with E-state index >= 15 is 0 Å². The first-order valence-corrected chi connectivity index (χ1v) is 7.70. The van der Waals surface area contributed by atoms with Gasteiger partial charge in [-0.25, -0.2) is 4.79 Å². The molecule has 4 heteroatoms. The number of nitrogens with one attached hydrogen (secondary N) is 1. The zero-order valence-corrected chi connectivity index (χ0v) is 13.3. The molecule has 0 unspecified atom stereocenters. The van der Waals surface area contributed by atoms with E-state index in [0.29, 0.717) is 13.0 Å². The third-order valence-electron chi connectivity index (χ3n) is 2.56. The van der Waals surface area contributed by atoms with Crippen LogP contribution in [0.5, 0.6) is 0 Å². The summed E-state index contributed by atoms with van der Waals surface area (Å²) < 4.78 is 6.39. The topological polar surface area (TPSA) is 38.3 Å². The number of thiophene rings is 1. The fraction of sp³-hybridized carbons (Fsp3) is 0.353. The monoisotopic (exact) mass is 301 g/mol. The molecule has 0 radical (unpaired) electrons. The van der Waals surface area contributed by atoms with Gasteiger partial charge in [0, 0.05) is 17.7 Å². The van der Waals surface area contributed by atoms with E-state index in [1.165, 1.54) is 10.1 Å². The van der Waals surface area contributed by atoms with Gasteiger partial charge in [-0.2, -0.15) is 0 Å². The van der Waals surface area contributed by atoms with Crippen LogP contribution in [0.2, 0.25) is 0 Å². The Morgan fingerprint density at radius 1 is 1.33 bits per heavy atom. The summed E-state index contributed by atoms with van der Waals surface area (Å²) in [6.45, 7) is 6.02. The second kappa shape index (κ2) is 6.64. The van der Waals surface area contributed by atoms with E-state index in [9.17, 15) is 4.79 Å². The van der Waals surface area contributed by atoms with Gasteiger partial charge < -0.3 is 10.1 Å². The SMILES string of the molecule is CC(C)(C)OC(=O)NCCC#Cc1cc2ccccc2s1. The largest absolute Gasteiger partial charge is 0.444 e. The van der Waals surface area contributed by atoms with Crippen molar-refractivity contribution in [1.29, 1.82) is 0 Å². The standard InChI is InChI=1S/C17H19NO2S/c1-17(2,3)20-16(19)18-11-7-6-9-14-12-13-8-4-5-10-15(13)21-14/h4-5,8,10,12H,7,11H2,1-3H3,(H,18,19). The van der Waals surface area contributed by atoms with Crippen molar-refractivity contribution in [2.24, 2.45) is 0 Å².